The van der Waals surface area contributed by atoms with E-state index in [1.807, 2.05) is 66.7 Å². The molecule has 0 aliphatic rings. The number of rotatable bonds is 7. The molecule has 30 heavy (non-hydrogen) atoms. The molecule has 1 aromatic heterocycles. The third-order valence-electron chi connectivity index (χ3n) is 4.89. The van der Waals surface area contributed by atoms with Gasteiger partial charge in [-0.25, -0.2) is 0 Å². The predicted molar refractivity (Wildman–Crippen MR) is 117 cm³/mol. The van der Waals surface area contributed by atoms with Gasteiger partial charge in [-0.1, -0.05) is 66.7 Å². The average molecular weight is 398 g/mol. The van der Waals surface area contributed by atoms with Gasteiger partial charge in [0.1, 0.15) is 5.56 Å². The normalized spacial score (nSPS) is 10.8. The molecule has 5 nitrogen and oxygen atoms in total. The summed E-state index contributed by atoms with van der Waals surface area (Å²) in [6, 6.07) is 25.0. The molecule has 3 aromatic carbocycles. The number of ether oxygens (including phenoxy) is 1. The number of aromatic amines is 1. The first kappa shape index (κ1) is 19.6. The molecule has 2 N–H and O–H groups in total. The van der Waals surface area contributed by atoms with Crippen LogP contribution in [0, 0.1) is 0 Å². The molecule has 0 aliphatic heterocycles. The van der Waals surface area contributed by atoms with Crippen molar-refractivity contribution in [3.63, 3.8) is 0 Å². The van der Waals surface area contributed by atoms with E-state index in [4.69, 9.17) is 4.74 Å². The lowest BCUT2D eigenvalue weighted by Gasteiger charge is -2.08. The second kappa shape index (κ2) is 9.20. The van der Waals surface area contributed by atoms with E-state index < -0.39 is 5.91 Å². The monoisotopic (exact) mass is 398 g/mol. The second-order valence-electron chi connectivity index (χ2n) is 7.05. The Kier molecular flexibility index (Phi) is 6.01. The first-order valence-corrected chi connectivity index (χ1v) is 9.79. The van der Waals surface area contributed by atoms with Crippen LogP contribution in [0.15, 0.2) is 89.9 Å². The maximum absolute atomic E-state index is 12.5. The number of benzene rings is 3. The molecular weight excluding hydrogens is 376 g/mol. The topological polar surface area (TPSA) is 71.2 Å². The van der Waals surface area contributed by atoms with Gasteiger partial charge in [-0.05, 0) is 28.8 Å². The summed E-state index contributed by atoms with van der Waals surface area (Å²) in [7, 11) is 0. The maximum atomic E-state index is 12.5. The molecule has 0 saturated heterocycles. The number of nitrogens with one attached hydrogen (secondary N) is 2. The first-order valence-electron chi connectivity index (χ1n) is 9.79. The van der Waals surface area contributed by atoms with Crippen LogP contribution in [0.25, 0.3) is 10.9 Å². The number of H-pyrrole nitrogens is 1. The van der Waals surface area contributed by atoms with Gasteiger partial charge in [0.25, 0.3) is 5.91 Å². The fourth-order valence-corrected chi connectivity index (χ4v) is 3.23. The highest BCUT2D eigenvalue weighted by atomic mass is 16.5. The number of para-hydroxylation sites is 1. The van der Waals surface area contributed by atoms with Crippen molar-refractivity contribution in [3.8, 4) is 0 Å². The number of carbonyl (C=O) groups is 1. The van der Waals surface area contributed by atoms with Crippen LogP contribution in [-0.4, -0.2) is 10.9 Å². The molecular formula is C25H22N2O3. The molecule has 0 atom stereocenters. The number of hydrogen-bond donors (Lipinski definition) is 2. The van der Waals surface area contributed by atoms with E-state index in [-0.39, 0.29) is 11.0 Å². The summed E-state index contributed by atoms with van der Waals surface area (Å²) >= 11 is 0. The van der Waals surface area contributed by atoms with Crippen molar-refractivity contribution in [2.75, 3.05) is 0 Å². The third kappa shape index (κ3) is 4.64. The molecule has 0 radical (unpaired) electrons. The lowest BCUT2D eigenvalue weighted by atomic mass is 10.1. The molecule has 150 valence electrons. The number of pyridine rings is 1. The Labute approximate surface area is 174 Å². The van der Waals surface area contributed by atoms with Crippen molar-refractivity contribution in [1.29, 1.82) is 0 Å². The van der Waals surface area contributed by atoms with Crippen LogP contribution >= 0.6 is 0 Å². The van der Waals surface area contributed by atoms with E-state index in [1.165, 1.54) is 6.20 Å². The fourth-order valence-electron chi connectivity index (χ4n) is 3.23. The number of aromatic nitrogens is 1. The van der Waals surface area contributed by atoms with Gasteiger partial charge in [0.2, 0.25) is 5.43 Å². The smallest absolute Gasteiger partial charge is 0.257 e. The van der Waals surface area contributed by atoms with Crippen LogP contribution in [0.5, 0.6) is 0 Å². The summed E-state index contributed by atoms with van der Waals surface area (Å²) in [5.41, 5.74) is 3.70. The Bertz CT molecular complexity index is 1200. The zero-order chi connectivity index (χ0) is 20.8. The van der Waals surface area contributed by atoms with Crippen molar-refractivity contribution < 1.29 is 9.53 Å². The van der Waals surface area contributed by atoms with Crippen molar-refractivity contribution in [3.05, 3.63) is 118 Å². The van der Waals surface area contributed by atoms with Crippen molar-refractivity contribution >= 4 is 16.8 Å². The Balaban J connectivity index is 1.32. The molecule has 4 rings (SSSR count). The van der Waals surface area contributed by atoms with Crippen LogP contribution in [0.1, 0.15) is 27.0 Å². The van der Waals surface area contributed by atoms with E-state index in [0.29, 0.717) is 30.7 Å². The minimum Gasteiger partial charge on any atom is -0.372 e. The Morgan fingerprint density at radius 3 is 2.20 bits per heavy atom. The average Bonchev–Trinajstić information content (AvgIpc) is 2.79. The van der Waals surface area contributed by atoms with Gasteiger partial charge in [-0.2, -0.15) is 0 Å². The molecule has 0 bridgehead atoms. The minimum atomic E-state index is -0.391. The number of hydrogen-bond acceptors (Lipinski definition) is 3. The summed E-state index contributed by atoms with van der Waals surface area (Å²) < 4.78 is 5.74. The molecule has 1 amide bonds. The van der Waals surface area contributed by atoms with Gasteiger partial charge in [0.15, 0.2) is 0 Å². The van der Waals surface area contributed by atoms with E-state index in [0.717, 1.165) is 16.7 Å². The van der Waals surface area contributed by atoms with E-state index in [1.54, 1.807) is 12.1 Å². The summed E-state index contributed by atoms with van der Waals surface area (Å²) in [6.45, 7) is 1.43. The number of amides is 1. The molecule has 0 unspecified atom stereocenters. The zero-order valence-electron chi connectivity index (χ0n) is 16.4. The quantitative estimate of drug-likeness (QED) is 0.491. The van der Waals surface area contributed by atoms with Crippen LogP contribution in [-0.2, 0) is 24.5 Å². The van der Waals surface area contributed by atoms with E-state index >= 15 is 0 Å². The summed E-state index contributed by atoms with van der Waals surface area (Å²) in [6.07, 6.45) is 1.47. The highest BCUT2D eigenvalue weighted by Crippen LogP contribution is 2.09. The second-order valence-corrected chi connectivity index (χ2v) is 7.05. The van der Waals surface area contributed by atoms with Gasteiger partial charge in [0, 0.05) is 23.6 Å². The van der Waals surface area contributed by atoms with Crippen molar-refractivity contribution in [2.45, 2.75) is 19.8 Å². The standard InChI is InChI=1S/C25H22N2O3/c28-24-21-8-4-5-9-23(21)26-15-22(24)25(29)27-14-18-10-12-20(13-11-18)17-30-16-19-6-2-1-3-7-19/h1-13,15H,14,16-17H2,(H,26,28)(H,27,29). The Morgan fingerprint density at radius 2 is 1.43 bits per heavy atom. The van der Waals surface area contributed by atoms with Gasteiger partial charge in [-0.3, -0.25) is 9.59 Å². The predicted octanol–water partition coefficient (Wildman–Crippen LogP) is 4.17. The molecule has 0 spiro atoms. The Hall–Kier alpha value is -3.70. The lowest BCUT2D eigenvalue weighted by Crippen LogP contribution is -2.28. The third-order valence-corrected chi connectivity index (χ3v) is 4.89. The number of fused-ring (bicyclic) bond motifs is 1. The molecule has 5 heteroatoms. The summed E-state index contributed by atoms with van der Waals surface area (Å²) in [5, 5.41) is 3.32. The van der Waals surface area contributed by atoms with Gasteiger partial charge in [0.05, 0.1) is 13.2 Å². The van der Waals surface area contributed by atoms with Crippen LogP contribution in [0.2, 0.25) is 0 Å². The molecule has 1 heterocycles. The van der Waals surface area contributed by atoms with Gasteiger partial charge < -0.3 is 15.0 Å². The van der Waals surface area contributed by atoms with E-state index in [2.05, 4.69) is 10.3 Å². The van der Waals surface area contributed by atoms with Crippen molar-refractivity contribution in [1.82, 2.24) is 10.3 Å². The van der Waals surface area contributed by atoms with Gasteiger partial charge >= 0.3 is 0 Å². The first-order chi connectivity index (χ1) is 14.7. The molecule has 4 aromatic rings. The molecule has 0 aliphatic carbocycles. The summed E-state index contributed by atoms with van der Waals surface area (Å²) in [5.74, 6) is -0.391. The van der Waals surface area contributed by atoms with Crippen molar-refractivity contribution in [2.24, 2.45) is 0 Å². The fraction of sp³-hybridized carbons (Fsp3) is 0.120. The highest BCUT2D eigenvalue weighted by Gasteiger charge is 2.12. The maximum Gasteiger partial charge on any atom is 0.257 e. The lowest BCUT2D eigenvalue weighted by molar-refractivity contribution is 0.0949. The Morgan fingerprint density at radius 1 is 0.800 bits per heavy atom. The van der Waals surface area contributed by atoms with Gasteiger partial charge in [-0.15, -0.1) is 0 Å². The zero-order valence-corrected chi connectivity index (χ0v) is 16.4. The SMILES string of the molecule is O=C(NCc1ccc(COCc2ccccc2)cc1)c1c[nH]c2ccccc2c1=O. The highest BCUT2D eigenvalue weighted by molar-refractivity contribution is 5.97. The minimum absolute atomic E-state index is 0.111. The number of carbonyl (C=O) groups excluding carboxylic acids is 1. The molecule has 0 fully saturated rings. The van der Waals surface area contributed by atoms with Crippen LogP contribution in [0.4, 0.5) is 0 Å². The summed E-state index contributed by atoms with van der Waals surface area (Å²) in [4.78, 5) is 28.0. The van der Waals surface area contributed by atoms with E-state index in [9.17, 15) is 9.59 Å². The molecule has 0 saturated carbocycles. The largest absolute Gasteiger partial charge is 0.372 e. The van der Waals surface area contributed by atoms with Crippen LogP contribution < -0.4 is 10.7 Å². The van der Waals surface area contributed by atoms with Crippen LogP contribution in [0.3, 0.4) is 0 Å².